The Hall–Kier alpha value is -3.73. The van der Waals surface area contributed by atoms with Crippen LogP contribution in [0.2, 0.25) is 0 Å². The van der Waals surface area contributed by atoms with Crippen molar-refractivity contribution in [2.24, 2.45) is 0 Å². The first kappa shape index (κ1) is 22.5. The van der Waals surface area contributed by atoms with Crippen molar-refractivity contribution < 1.29 is 0 Å². The second-order valence-corrected chi connectivity index (χ2v) is 8.52. The van der Waals surface area contributed by atoms with E-state index >= 15 is 0 Å². The number of rotatable bonds is 8. The molecule has 0 fully saturated rings. The number of benzene rings is 3. The number of hydrogen-bond acceptors (Lipinski definition) is 5. The monoisotopic (exact) mass is 437 g/mol. The third-order valence-electron chi connectivity index (χ3n) is 5.78. The molecule has 0 bridgehead atoms. The van der Waals surface area contributed by atoms with Crippen molar-refractivity contribution in [2.75, 3.05) is 17.2 Å². The standard InChI is InChI=1S/C28H31N5/c1-19-17-20(2)26(21(3)18-19)32-28-31-22(4)30-27(33-28)29-16-15-25(23-11-7-5-8-12-23)24-13-9-6-10-14-24/h5-14,17-18,25H,15-16H2,1-4H3,(H2,29,30,31,32,33). The first-order valence-electron chi connectivity index (χ1n) is 11.4. The van der Waals surface area contributed by atoms with E-state index in [0.29, 0.717) is 23.6 Å². The average molecular weight is 438 g/mol. The van der Waals surface area contributed by atoms with E-state index < -0.39 is 0 Å². The molecule has 3 aromatic carbocycles. The normalized spacial score (nSPS) is 10.9. The van der Waals surface area contributed by atoms with E-state index in [0.717, 1.165) is 18.7 Å². The zero-order valence-corrected chi connectivity index (χ0v) is 19.8. The summed E-state index contributed by atoms with van der Waals surface area (Å²) in [6, 6.07) is 25.6. The van der Waals surface area contributed by atoms with Gasteiger partial charge >= 0.3 is 0 Å². The van der Waals surface area contributed by atoms with Crippen molar-refractivity contribution in [3.8, 4) is 0 Å². The zero-order chi connectivity index (χ0) is 23.2. The number of aromatic nitrogens is 3. The van der Waals surface area contributed by atoms with Gasteiger partial charge in [-0.25, -0.2) is 0 Å². The topological polar surface area (TPSA) is 62.7 Å². The minimum Gasteiger partial charge on any atom is -0.354 e. The highest BCUT2D eigenvalue weighted by molar-refractivity contribution is 5.64. The molecule has 0 saturated carbocycles. The van der Waals surface area contributed by atoms with Crippen LogP contribution in [-0.2, 0) is 0 Å². The molecule has 1 aromatic heterocycles. The number of hydrogen-bond donors (Lipinski definition) is 2. The van der Waals surface area contributed by atoms with Gasteiger partial charge in [-0.3, -0.25) is 0 Å². The molecule has 5 nitrogen and oxygen atoms in total. The van der Waals surface area contributed by atoms with Crippen LogP contribution in [0.3, 0.4) is 0 Å². The minimum atomic E-state index is 0.304. The van der Waals surface area contributed by atoms with Gasteiger partial charge in [-0.2, -0.15) is 15.0 Å². The molecule has 0 amide bonds. The Labute approximate surface area is 196 Å². The summed E-state index contributed by atoms with van der Waals surface area (Å²) in [5, 5.41) is 6.82. The Bertz CT molecular complexity index is 1140. The summed E-state index contributed by atoms with van der Waals surface area (Å²) >= 11 is 0. The van der Waals surface area contributed by atoms with E-state index in [2.05, 4.69) is 119 Å². The van der Waals surface area contributed by atoms with Gasteiger partial charge in [-0.15, -0.1) is 0 Å². The fourth-order valence-corrected chi connectivity index (χ4v) is 4.33. The maximum atomic E-state index is 4.63. The Kier molecular flexibility index (Phi) is 6.98. The molecule has 0 aliphatic carbocycles. The van der Waals surface area contributed by atoms with E-state index in [1.165, 1.54) is 27.8 Å². The van der Waals surface area contributed by atoms with Crippen LogP contribution in [-0.4, -0.2) is 21.5 Å². The van der Waals surface area contributed by atoms with E-state index in [4.69, 9.17) is 0 Å². The van der Waals surface area contributed by atoms with Crippen LogP contribution in [0.1, 0.15) is 46.0 Å². The van der Waals surface area contributed by atoms with Crippen molar-refractivity contribution in [3.63, 3.8) is 0 Å². The highest BCUT2D eigenvalue weighted by Gasteiger charge is 2.14. The van der Waals surface area contributed by atoms with Gasteiger partial charge in [0.15, 0.2) is 0 Å². The highest BCUT2D eigenvalue weighted by Crippen LogP contribution is 2.28. The second kappa shape index (κ2) is 10.3. The van der Waals surface area contributed by atoms with Crippen molar-refractivity contribution in [3.05, 3.63) is 106 Å². The summed E-state index contributed by atoms with van der Waals surface area (Å²) in [6.07, 6.45) is 0.928. The lowest BCUT2D eigenvalue weighted by Crippen LogP contribution is -2.13. The van der Waals surface area contributed by atoms with Crippen LogP contribution < -0.4 is 10.6 Å². The molecular weight excluding hydrogens is 406 g/mol. The lowest BCUT2D eigenvalue weighted by Gasteiger charge is -2.19. The van der Waals surface area contributed by atoms with Crippen LogP contribution in [0.15, 0.2) is 72.8 Å². The smallest absolute Gasteiger partial charge is 0.232 e. The second-order valence-electron chi connectivity index (χ2n) is 8.52. The molecule has 1 heterocycles. The third kappa shape index (κ3) is 5.75. The highest BCUT2D eigenvalue weighted by atomic mass is 15.2. The number of nitrogens with zero attached hydrogens (tertiary/aromatic N) is 3. The van der Waals surface area contributed by atoms with E-state index in [9.17, 15) is 0 Å². The first-order chi connectivity index (χ1) is 16.0. The Balaban J connectivity index is 1.49. The van der Waals surface area contributed by atoms with Gasteiger partial charge in [0.1, 0.15) is 5.82 Å². The average Bonchev–Trinajstić information content (AvgIpc) is 2.80. The van der Waals surface area contributed by atoms with Crippen molar-refractivity contribution in [2.45, 2.75) is 40.0 Å². The van der Waals surface area contributed by atoms with Gasteiger partial charge < -0.3 is 10.6 Å². The molecule has 2 N–H and O–H groups in total. The zero-order valence-electron chi connectivity index (χ0n) is 19.8. The summed E-state index contributed by atoms with van der Waals surface area (Å²) < 4.78 is 0. The summed E-state index contributed by atoms with van der Waals surface area (Å²) in [4.78, 5) is 13.6. The number of aryl methyl sites for hydroxylation is 4. The van der Waals surface area contributed by atoms with Gasteiger partial charge in [-0.05, 0) is 56.4 Å². The summed E-state index contributed by atoms with van der Waals surface area (Å²) in [7, 11) is 0. The fraction of sp³-hybridized carbons (Fsp3) is 0.250. The fourth-order valence-electron chi connectivity index (χ4n) is 4.33. The van der Waals surface area contributed by atoms with Gasteiger partial charge in [0.2, 0.25) is 11.9 Å². The predicted molar refractivity (Wildman–Crippen MR) is 136 cm³/mol. The van der Waals surface area contributed by atoms with Gasteiger partial charge in [0, 0.05) is 18.2 Å². The van der Waals surface area contributed by atoms with Crippen LogP contribution >= 0.6 is 0 Å². The van der Waals surface area contributed by atoms with Crippen LogP contribution in [0.5, 0.6) is 0 Å². The molecule has 0 aliphatic rings. The quantitative estimate of drug-likeness (QED) is 0.330. The molecule has 0 atom stereocenters. The third-order valence-corrected chi connectivity index (χ3v) is 5.78. The Morgan fingerprint density at radius 1 is 0.697 bits per heavy atom. The maximum absolute atomic E-state index is 4.63. The largest absolute Gasteiger partial charge is 0.354 e. The van der Waals surface area contributed by atoms with Gasteiger partial charge in [-0.1, -0.05) is 78.4 Å². The molecule has 5 heteroatoms. The molecule has 0 saturated heterocycles. The molecule has 0 spiro atoms. The molecular formula is C28H31N5. The van der Waals surface area contributed by atoms with Crippen LogP contribution in [0.4, 0.5) is 17.6 Å². The first-order valence-corrected chi connectivity index (χ1v) is 11.4. The molecule has 4 aromatic rings. The minimum absolute atomic E-state index is 0.304. The number of anilines is 3. The lowest BCUT2D eigenvalue weighted by atomic mass is 9.88. The predicted octanol–water partition coefficient (Wildman–Crippen LogP) is 6.48. The van der Waals surface area contributed by atoms with E-state index in [1.807, 2.05) is 6.92 Å². The van der Waals surface area contributed by atoms with Crippen molar-refractivity contribution in [1.29, 1.82) is 0 Å². The molecule has 33 heavy (non-hydrogen) atoms. The lowest BCUT2D eigenvalue weighted by molar-refractivity contribution is 0.739. The summed E-state index contributed by atoms with van der Waals surface area (Å²) in [5.74, 6) is 2.13. The van der Waals surface area contributed by atoms with Crippen LogP contribution in [0.25, 0.3) is 0 Å². The van der Waals surface area contributed by atoms with Gasteiger partial charge in [0.25, 0.3) is 0 Å². The van der Waals surface area contributed by atoms with E-state index in [-0.39, 0.29) is 0 Å². The number of nitrogens with one attached hydrogen (secondary N) is 2. The van der Waals surface area contributed by atoms with Crippen molar-refractivity contribution >= 4 is 17.6 Å². The summed E-state index contributed by atoms with van der Waals surface area (Å²) in [6.45, 7) is 8.95. The van der Waals surface area contributed by atoms with Crippen molar-refractivity contribution in [1.82, 2.24) is 15.0 Å². The molecule has 0 radical (unpaired) electrons. The Morgan fingerprint density at radius 3 is 1.82 bits per heavy atom. The Morgan fingerprint density at radius 2 is 1.24 bits per heavy atom. The molecule has 168 valence electrons. The van der Waals surface area contributed by atoms with E-state index in [1.54, 1.807) is 0 Å². The SMILES string of the molecule is Cc1cc(C)c(Nc2nc(C)nc(NCCC(c3ccccc3)c3ccccc3)n2)c(C)c1. The molecule has 0 unspecified atom stereocenters. The summed E-state index contributed by atoms with van der Waals surface area (Å²) in [5.41, 5.74) is 7.26. The van der Waals surface area contributed by atoms with Gasteiger partial charge in [0.05, 0.1) is 0 Å². The molecule has 4 rings (SSSR count). The van der Waals surface area contributed by atoms with Crippen LogP contribution in [0, 0.1) is 27.7 Å². The maximum Gasteiger partial charge on any atom is 0.232 e. The molecule has 0 aliphatic heterocycles.